The second-order valence-electron chi connectivity index (χ2n) is 5.44. The minimum Gasteiger partial charge on any atom is -0.475 e. The van der Waals surface area contributed by atoms with Crippen LogP contribution in [0, 0.1) is 5.41 Å². The van der Waals surface area contributed by atoms with Crippen LogP contribution in [0.25, 0.3) is 0 Å². The maximum absolute atomic E-state index is 10.7. The number of nitrogens with one attached hydrogen (secondary N) is 1. The Kier molecular flexibility index (Phi) is 5.25. The van der Waals surface area contributed by atoms with E-state index in [1.807, 2.05) is 0 Å². The number of carboxylic acids is 1. The lowest BCUT2D eigenvalue weighted by molar-refractivity contribution is 0.0663. The van der Waals surface area contributed by atoms with E-state index in [1.165, 1.54) is 25.3 Å². The lowest BCUT2D eigenvalue weighted by atomic mass is 9.87. The lowest BCUT2D eigenvalue weighted by Crippen LogP contribution is -2.22. The van der Waals surface area contributed by atoms with Gasteiger partial charge in [-0.3, -0.25) is 0 Å². The van der Waals surface area contributed by atoms with Crippen molar-refractivity contribution < 1.29 is 14.3 Å². The molecule has 0 fully saturated rings. The maximum atomic E-state index is 10.7. The summed E-state index contributed by atoms with van der Waals surface area (Å²) in [6, 6.07) is 3.13. The van der Waals surface area contributed by atoms with Gasteiger partial charge in [0.25, 0.3) is 0 Å². The molecule has 4 heteroatoms. The topological polar surface area (TPSA) is 62.5 Å². The van der Waals surface area contributed by atoms with Crippen molar-refractivity contribution in [3.63, 3.8) is 0 Å². The molecule has 0 saturated heterocycles. The zero-order chi connectivity index (χ0) is 13.6. The number of aromatic carboxylic acids is 1. The predicted molar refractivity (Wildman–Crippen MR) is 72.1 cm³/mol. The number of unbranched alkanes of at least 4 members (excludes halogenated alkanes) is 2. The van der Waals surface area contributed by atoms with Crippen molar-refractivity contribution in [3.05, 3.63) is 17.9 Å². The summed E-state index contributed by atoms with van der Waals surface area (Å²) in [7, 11) is 0. The van der Waals surface area contributed by atoms with E-state index < -0.39 is 5.97 Å². The van der Waals surface area contributed by atoms with Crippen LogP contribution in [0.5, 0.6) is 0 Å². The van der Waals surface area contributed by atoms with Crippen molar-refractivity contribution in [2.75, 3.05) is 11.9 Å². The summed E-state index contributed by atoms with van der Waals surface area (Å²) in [5, 5.41) is 11.9. The first kappa shape index (κ1) is 14.6. The molecule has 0 bridgehead atoms. The molecule has 2 N–H and O–H groups in total. The van der Waals surface area contributed by atoms with E-state index in [0.717, 1.165) is 13.0 Å². The molecule has 0 aliphatic carbocycles. The highest BCUT2D eigenvalue weighted by molar-refractivity contribution is 5.84. The molecule has 0 amide bonds. The third-order valence-corrected chi connectivity index (χ3v) is 3.02. The van der Waals surface area contributed by atoms with Gasteiger partial charge in [-0.2, -0.15) is 0 Å². The molecule has 0 atom stereocenters. The molecule has 0 aromatic carbocycles. The van der Waals surface area contributed by atoms with Gasteiger partial charge in [0.1, 0.15) is 0 Å². The molecule has 1 aromatic heterocycles. The molecule has 1 heterocycles. The van der Waals surface area contributed by atoms with Crippen LogP contribution < -0.4 is 5.32 Å². The molecule has 1 rings (SSSR count). The molecule has 0 aliphatic heterocycles. The molecule has 0 unspecified atom stereocenters. The average Bonchev–Trinajstić information content (AvgIpc) is 2.75. The Bertz CT molecular complexity index is 382. The largest absolute Gasteiger partial charge is 0.475 e. The van der Waals surface area contributed by atoms with E-state index in [9.17, 15) is 4.79 Å². The predicted octanol–water partition coefficient (Wildman–Crippen LogP) is 4.00. The van der Waals surface area contributed by atoms with Gasteiger partial charge in [-0.15, -0.1) is 0 Å². The van der Waals surface area contributed by atoms with Crippen molar-refractivity contribution in [2.24, 2.45) is 5.41 Å². The molecule has 0 aliphatic rings. The van der Waals surface area contributed by atoms with Crippen molar-refractivity contribution in [1.29, 1.82) is 0 Å². The Morgan fingerprint density at radius 3 is 2.67 bits per heavy atom. The van der Waals surface area contributed by atoms with Crippen LogP contribution in [0.15, 0.2) is 16.5 Å². The molecular weight excluding hydrogens is 230 g/mol. The Hall–Kier alpha value is -1.45. The van der Waals surface area contributed by atoms with Gasteiger partial charge in [0, 0.05) is 12.6 Å². The molecular formula is C14H23NO3. The summed E-state index contributed by atoms with van der Waals surface area (Å²) < 4.78 is 5.16. The highest BCUT2D eigenvalue weighted by atomic mass is 16.4. The van der Waals surface area contributed by atoms with Crippen LogP contribution >= 0.6 is 0 Å². The van der Waals surface area contributed by atoms with Gasteiger partial charge in [-0.05, 0) is 17.9 Å². The summed E-state index contributed by atoms with van der Waals surface area (Å²) in [6.07, 6.45) is 4.86. The quantitative estimate of drug-likeness (QED) is 0.687. The molecule has 1 aromatic rings. The van der Waals surface area contributed by atoms with Crippen LogP contribution in [0.3, 0.4) is 0 Å². The Morgan fingerprint density at radius 1 is 1.39 bits per heavy atom. The van der Waals surface area contributed by atoms with Gasteiger partial charge in [0.15, 0.2) is 5.88 Å². The maximum Gasteiger partial charge on any atom is 0.371 e. The summed E-state index contributed by atoms with van der Waals surface area (Å²) in [6.45, 7) is 7.39. The fourth-order valence-electron chi connectivity index (χ4n) is 1.82. The molecule has 102 valence electrons. The van der Waals surface area contributed by atoms with E-state index in [-0.39, 0.29) is 11.2 Å². The Balaban J connectivity index is 2.40. The first-order chi connectivity index (χ1) is 8.44. The van der Waals surface area contributed by atoms with Gasteiger partial charge in [0.05, 0.1) is 0 Å². The number of anilines is 1. The number of rotatable bonds is 8. The van der Waals surface area contributed by atoms with Crippen LogP contribution in [0.1, 0.15) is 57.0 Å². The van der Waals surface area contributed by atoms with Crippen LogP contribution in [0.4, 0.5) is 5.88 Å². The molecule has 4 nitrogen and oxygen atoms in total. The normalized spacial score (nSPS) is 11.5. The van der Waals surface area contributed by atoms with Crippen LogP contribution in [-0.2, 0) is 0 Å². The standard InChI is InChI=1S/C14H23NO3/c1-4-5-6-9-14(2,3)10-15-12-8-7-11(18-12)13(16)17/h7-8,15H,4-6,9-10H2,1-3H3,(H,16,17). The van der Waals surface area contributed by atoms with Crippen molar-refractivity contribution in [1.82, 2.24) is 0 Å². The third kappa shape index (κ3) is 4.82. The summed E-state index contributed by atoms with van der Waals surface area (Å²) in [5.41, 5.74) is 0.186. The zero-order valence-electron chi connectivity index (χ0n) is 11.5. The summed E-state index contributed by atoms with van der Waals surface area (Å²) >= 11 is 0. The highest BCUT2D eigenvalue weighted by Crippen LogP contribution is 2.25. The second kappa shape index (κ2) is 6.47. The first-order valence-corrected chi connectivity index (χ1v) is 6.51. The van der Waals surface area contributed by atoms with Gasteiger partial charge in [0.2, 0.25) is 5.76 Å². The van der Waals surface area contributed by atoms with E-state index in [0.29, 0.717) is 5.88 Å². The zero-order valence-corrected chi connectivity index (χ0v) is 11.5. The molecule has 0 spiro atoms. The van der Waals surface area contributed by atoms with E-state index >= 15 is 0 Å². The van der Waals surface area contributed by atoms with Gasteiger partial charge in [-0.25, -0.2) is 4.79 Å². The summed E-state index contributed by atoms with van der Waals surface area (Å²) in [4.78, 5) is 10.7. The van der Waals surface area contributed by atoms with Gasteiger partial charge in [-0.1, -0.05) is 40.0 Å². The van der Waals surface area contributed by atoms with Crippen LogP contribution in [0.2, 0.25) is 0 Å². The van der Waals surface area contributed by atoms with Crippen LogP contribution in [-0.4, -0.2) is 17.6 Å². The summed E-state index contributed by atoms with van der Waals surface area (Å²) in [5.74, 6) is -0.539. The fourth-order valence-corrected chi connectivity index (χ4v) is 1.82. The molecule has 18 heavy (non-hydrogen) atoms. The van der Waals surface area contributed by atoms with Crippen molar-refractivity contribution >= 4 is 11.9 Å². The van der Waals surface area contributed by atoms with Crippen molar-refractivity contribution in [2.45, 2.75) is 46.5 Å². The number of carbonyl (C=O) groups is 1. The number of carboxylic acid groups (broad SMARTS) is 1. The lowest BCUT2D eigenvalue weighted by Gasteiger charge is -2.24. The minimum atomic E-state index is -1.04. The number of hydrogen-bond acceptors (Lipinski definition) is 3. The Labute approximate surface area is 108 Å². The van der Waals surface area contributed by atoms with Crippen molar-refractivity contribution in [3.8, 4) is 0 Å². The van der Waals surface area contributed by atoms with Gasteiger partial charge >= 0.3 is 5.97 Å². The Morgan fingerprint density at radius 2 is 2.11 bits per heavy atom. The second-order valence-corrected chi connectivity index (χ2v) is 5.44. The first-order valence-electron chi connectivity index (χ1n) is 6.51. The van der Waals surface area contributed by atoms with E-state index in [1.54, 1.807) is 6.07 Å². The van der Waals surface area contributed by atoms with Gasteiger partial charge < -0.3 is 14.8 Å². The molecule has 0 saturated carbocycles. The fraction of sp³-hybridized carbons (Fsp3) is 0.643. The molecule has 0 radical (unpaired) electrons. The third-order valence-electron chi connectivity index (χ3n) is 3.02. The number of hydrogen-bond donors (Lipinski definition) is 2. The smallest absolute Gasteiger partial charge is 0.371 e. The average molecular weight is 253 g/mol. The minimum absolute atomic E-state index is 0.0266. The monoisotopic (exact) mass is 253 g/mol. The van der Waals surface area contributed by atoms with E-state index in [2.05, 4.69) is 26.1 Å². The van der Waals surface area contributed by atoms with E-state index in [4.69, 9.17) is 9.52 Å². The highest BCUT2D eigenvalue weighted by Gasteiger charge is 2.18. The number of furan rings is 1. The SMILES string of the molecule is CCCCCC(C)(C)CNc1ccc(C(=O)O)o1.